The number of aliphatic hydroxyl groups excluding tert-OH is 1. The van der Waals surface area contributed by atoms with Crippen molar-refractivity contribution >= 4 is 0 Å². The van der Waals surface area contributed by atoms with E-state index in [1.807, 2.05) is 12.1 Å². The Morgan fingerprint density at radius 2 is 2.05 bits per heavy atom. The highest BCUT2D eigenvalue weighted by atomic mass is 16.5. The fourth-order valence-electron chi connectivity index (χ4n) is 3.16. The van der Waals surface area contributed by atoms with Gasteiger partial charge in [-0.05, 0) is 50.2 Å². The Kier molecular flexibility index (Phi) is 6.52. The third-order valence-electron chi connectivity index (χ3n) is 4.64. The Morgan fingerprint density at radius 1 is 1.29 bits per heavy atom. The van der Waals surface area contributed by atoms with E-state index in [4.69, 9.17) is 4.74 Å². The molecule has 2 N–H and O–H groups in total. The summed E-state index contributed by atoms with van der Waals surface area (Å²) in [5, 5.41) is 13.6. The van der Waals surface area contributed by atoms with Crippen molar-refractivity contribution in [3.05, 3.63) is 29.8 Å². The molecular formula is C18H29NO2. The van der Waals surface area contributed by atoms with Crippen molar-refractivity contribution in [1.82, 2.24) is 5.32 Å². The molecule has 1 saturated carbocycles. The molecule has 3 nitrogen and oxygen atoms in total. The molecule has 0 aliphatic heterocycles. The van der Waals surface area contributed by atoms with E-state index < -0.39 is 0 Å². The lowest BCUT2D eigenvalue weighted by Gasteiger charge is -2.29. The van der Waals surface area contributed by atoms with Gasteiger partial charge in [0.15, 0.2) is 0 Å². The predicted molar refractivity (Wildman–Crippen MR) is 86.7 cm³/mol. The first-order valence-electron chi connectivity index (χ1n) is 8.24. The van der Waals surface area contributed by atoms with Crippen LogP contribution in [0.5, 0.6) is 5.75 Å². The van der Waals surface area contributed by atoms with Crippen LogP contribution in [0.25, 0.3) is 0 Å². The summed E-state index contributed by atoms with van der Waals surface area (Å²) < 4.78 is 5.39. The summed E-state index contributed by atoms with van der Waals surface area (Å²) in [6.07, 6.45) is 6.58. The first kappa shape index (κ1) is 16.3. The highest BCUT2D eigenvalue weighted by molar-refractivity contribution is 5.33. The molecule has 3 heteroatoms. The molecule has 1 aromatic rings. The van der Waals surface area contributed by atoms with Crippen LogP contribution in [-0.2, 0) is 6.42 Å². The topological polar surface area (TPSA) is 41.5 Å². The number of aryl methyl sites for hydroxylation is 1. The molecule has 118 valence electrons. The molecule has 1 aliphatic carbocycles. The molecule has 1 fully saturated rings. The zero-order valence-electron chi connectivity index (χ0n) is 13.3. The van der Waals surface area contributed by atoms with E-state index >= 15 is 0 Å². The summed E-state index contributed by atoms with van der Waals surface area (Å²) in [6, 6.07) is 8.69. The van der Waals surface area contributed by atoms with Gasteiger partial charge in [0.05, 0.1) is 13.2 Å². The minimum Gasteiger partial charge on any atom is -0.496 e. The van der Waals surface area contributed by atoms with Crippen molar-refractivity contribution in [3.63, 3.8) is 0 Å². The van der Waals surface area contributed by atoms with Crippen LogP contribution in [0.2, 0.25) is 0 Å². The maximum absolute atomic E-state index is 10.0. The zero-order chi connectivity index (χ0) is 15.1. The van der Waals surface area contributed by atoms with E-state index in [1.165, 1.54) is 18.4 Å². The van der Waals surface area contributed by atoms with Gasteiger partial charge in [-0.3, -0.25) is 0 Å². The molecule has 1 aliphatic rings. The Labute approximate surface area is 128 Å². The number of benzene rings is 1. The van der Waals surface area contributed by atoms with Gasteiger partial charge in [0.25, 0.3) is 0 Å². The van der Waals surface area contributed by atoms with Crippen LogP contribution in [0, 0.1) is 5.92 Å². The largest absolute Gasteiger partial charge is 0.496 e. The second kappa shape index (κ2) is 8.40. The first-order chi connectivity index (χ1) is 10.2. The van der Waals surface area contributed by atoms with Gasteiger partial charge in [-0.25, -0.2) is 0 Å². The predicted octanol–water partition coefficient (Wildman–Crippen LogP) is 3.16. The highest BCUT2D eigenvalue weighted by Gasteiger charge is 2.22. The van der Waals surface area contributed by atoms with E-state index in [0.717, 1.165) is 38.0 Å². The lowest BCUT2D eigenvalue weighted by atomic mass is 9.86. The summed E-state index contributed by atoms with van der Waals surface area (Å²) in [5.74, 6) is 1.42. The van der Waals surface area contributed by atoms with Crippen LogP contribution in [0.4, 0.5) is 0 Å². The first-order valence-corrected chi connectivity index (χ1v) is 8.24. The van der Waals surface area contributed by atoms with Crippen LogP contribution >= 0.6 is 0 Å². The summed E-state index contributed by atoms with van der Waals surface area (Å²) in [7, 11) is 1.73. The Hall–Kier alpha value is -1.06. The van der Waals surface area contributed by atoms with Gasteiger partial charge in [-0.1, -0.05) is 31.0 Å². The average molecular weight is 291 g/mol. The van der Waals surface area contributed by atoms with E-state index in [-0.39, 0.29) is 6.10 Å². The van der Waals surface area contributed by atoms with Gasteiger partial charge in [0.2, 0.25) is 0 Å². The molecule has 0 saturated heterocycles. The van der Waals surface area contributed by atoms with Crippen molar-refractivity contribution in [2.24, 2.45) is 5.92 Å². The van der Waals surface area contributed by atoms with E-state index in [0.29, 0.717) is 12.0 Å². The number of para-hydroxylation sites is 1. The van der Waals surface area contributed by atoms with Crippen LogP contribution in [0.1, 0.15) is 44.6 Å². The van der Waals surface area contributed by atoms with Crippen LogP contribution in [-0.4, -0.2) is 30.9 Å². The highest BCUT2D eigenvalue weighted by Crippen LogP contribution is 2.24. The molecule has 0 bridgehead atoms. The molecule has 3 atom stereocenters. The van der Waals surface area contributed by atoms with Crippen molar-refractivity contribution in [2.75, 3.05) is 13.7 Å². The number of ether oxygens (including phenoxy) is 1. The number of rotatable bonds is 7. The molecule has 0 aromatic heterocycles. The smallest absolute Gasteiger partial charge is 0.122 e. The quantitative estimate of drug-likeness (QED) is 0.811. The number of hydrogen-bond acceptors (Lipinski definition) is 3. The lowest BCUT2D eigenvalue weighted by molar-refractivity contribution is 0.0683. The van der Waals surface area contributed by atoms with Crippen LogP contribution in [0.15, 0.2) is 24.3 Å². The van der Waals surface area contributed by atoms with Crippen molar-refractivity contribution in [2.45, 2.75) is 57.6 Å². The van der Waals surface area contributed by atoms with Crippen molar-refractivity contribution < 1.29 is 9.84 Å². The van der Waals surface area contributed by atoms with Gasteiger partial charge in [-0.2, -0.15) is 0 Å². The summed E-state index contributed by atoms with van der Waals surface area (Å²) in [6.45, 7) is 3.17. The molecule has 21 heavy (non-hydrogen) atoms. The number of hydrogen-bond donors (Lipinski definition) is 2. The standard InChI is InChI=1S/C18H29NO2/c1-14(19-13-16-8-3-5-9-17(16)20)11-12-15-7-4-6-10-18(15)21-2/h4,6-7,10,14,16-17,19-20H,3,5,8-9,11-13H2,1-2H3. The number of nitrogens with one attached hydrogen (secondary N) is 1. The third kappa shape index (κ3) is 5.01. The fraction of sp³-hybridized carbons (Fsp3) is 0.667. The van der Waals surface area contributed by atoms with Crippen LogP contribution < -0.4 is 10.1 Å². The van der Waals surface area contributed by atoms with E-state index in [9.17, 15) is 5.11 Å². The fourth-order valence-corrected chi connectivity index (χ4v) is 3.16. The summed E-state index contributed by atoms with van der Waals surface area (Å²) in [5.41, 5.74) is 1.27. The lowest BCUT2D eigenvalue weighted by Crippen LogP contribution is -2.37. The zero-order valence-corrected chi connectivity index (χ0v) is 13.3. The average Bonchev–Trinajstić information content (AvgIpc) is 2.52. The summed E-state index contributed by atoms with van der Waals surface area (Å²) in [4.78, 5) is 0. The monoisotopic (exact) mass is 291 g/mol. The van der Waals surface area contributed by atoms with Gasteiger partial charge in [0.1, 0.15) is 5.75 Å². The molecule has 2 rings (SSSR count). The minimum absolute atomic E-state index is 0.104. The van der Waals surface area contributed by atoms with Crippen molar-refractivity contribution in [1.29, 1.82) is 0 Å². The molecular weight excluding hydrogens is 262 g/mol. The molecule has 0 heterocycles. The third-order valence-corrected chi connectivity index (χ3v) is 4.64. The Balaban J connectivity index is 1.73. The van der Waals surface area contributed by atoms with Gasteiger partial charge < -0.3 is 15.2 Å². The van der Waals surface area contributed by atoms with Crippen molar-refractivity contribution in [3.8, 4) is 5.75 Å². The maximum Gasteiger partial charge on any atom is 0.122 e. The Bertz CT molecular complexity index is 421. The molecule has 0 radical (unpaired) electrons. The maximum atomic E-state index is 10.0. The molecule has 1 aromatic carbocycles. The second-order valence-corrected chi connectivity index (χ2v) is 6.27. The SMILES string of the molecule is COc1ccccc1CCC(C)NCC1CCCCC1O. The minimum atomic E-state index is -0.104. The van der Waals surface area contributed by atoms with E-state index in [2.05, 4.69) is 24.4 Å². The molecule has 3 unspecified atom stereocenters. The molecule has 0 spiro atoms. The molecule has 0 amide bonds. The summed E-state index contributed by atoms with van der Waals surface area (Å²) >= 11 is 0. The van der Waals surface area contributed by atoms with Gasteiger partial charge >= 0.3 is 0 Å². The normalized spacial score (nSPS) is 23.8. The Morgan fingerprint density at radius 3 is 2.81 bits per heavy atom. The number of aliphatic hydroxyl groups is 1. The van der Waals surface area contributed by atoms with Gasteiger partial charge in [0, 0.05) is 12.6 Å². The van der Waals surface area contributed by atoms with Gasteiger partial charge in [-0.15, -0.1) is 0 Å². The van der Waals surface area contributed by atoms with E-state index in [1.54, 1.807) is 7.11 Å². The van der Waals surface area contributed by atoms with Crippen LogP contribution in [0.3, 0.4) is 0 Å². The second-order valence-electron chi connectivity index (χ2n) is 6.27. The number of methoxy groups -OCH3 is 1.